The van der Waals surface area contributed by atoms with Crippen LogP contribution >= 0.6 is 34.8 Å². The van der Waals surface area contributed by atoms with Gasteiger partial charge in [-0.2, -0.15) is 0 Å². The zero-order chi connectivity index (χ0) is 19.1. The molecule has 0 atom stereocenters. The summed E-state index contributed by atoms with van der Waals surface area (Å²) in [5.74, 6) is 0.457. The van der Waals surface area contributed by atoms with Crippen molar-refractivity contribution in [2.24, 2.45) is 12.0 Å². The van der Waals surface area contributed by atoms with E-state index in [4.69, 9.17) is 34.8 Å². The molecule has 0 aliphatic heterocycles. The fourth-order valence-electron chi connectivity index (χ4n) is 2.21. The minimum Gasteiger partial charge on any atom is -0.355 e. The molecule has 1 amide bonds. The molecule has 2 aromatic rings. The molecule has 3 N–H and O–H groups in total. The summed E-state index contributed by atoms with van der Waals surface area (Å²) in [6, 6.07) is 8.53. The van der Waals surface area contributed by atoms with Crippen LogP contribution in [0.5, 0.6) is 0 Å². The quantitative estimate of drug-likeness (QED) is 0.385. The van der Waals surface area contributed by atoms with Gasteiger partial charge in [0.25, 0.3) is 5.91 Å². The monoisotopic (exact) mass is 415 g/mol. The first-order chi connectivity index (χ1) is 12.4. The number of halogens is 3. The Balaban J connectivity index is 1.74. The third-order valence-electron chi connectivity index (χ3n) is 3.69. The number of benzene rings is 1. The second-order valence-corrected chi connectivity index (χ2v) is 6.65. The largest absolute Gasteiger partial charge is 0.355 e. The third-order valence-corrected chi connectivity index (χ3v) is 4.78. The first kappa shape index (κ1) is 20.4. The number of rotatable bonds is 6. The number of nitrogens with zero attached hydrogens (tertiary/aromatic N) is 2. The molecule has 6 nitrogen and oxygen atoms in total. The fourth-order valence-corrected chi connectivity index (χ4v) is 2.76. The topological polar surface area (TPSA) is 70.4 Å². The Bertz CT molecular complexity index is 786. The maximum Gasteiger partial charge on any atom is 0.251 e. The van der Waals surface area contributed by atoms with Gasteiger partial charge in [-0.15, -0.1) is 0 Å². The van der Waals surface area contributed by atoms with E-state index in [0.717, 1.165) is 5.69 Å². The van der Waals surface area contributed by atoms with Gasteiger partial charge < -0.3 is 20.5 Å². The number of carbonyl (C=O) groups excluding carboxylic acids is 1. The lowest BCUT2D eigenvalue weighted by molar-refractivity contribution is 0.0954. The van der Waals surface area contributed by atoms with Gasteiger partial charge in [0.15, 0.2) is 5.96 Å². The van der Waals surface area contributed by atoms with Crippen LogP contribution in [0.2, 0.25) is 15.2 Å². The molecule has 1 aromatic heterocycles. The maximum absolute atomic E-state index is 12.0. The molecule has 0 spiro atoms. The molecule has 0 aliphatic carbocycles. The number of hydrogen-bond donors (Lipinski definition) is 3. The molecule has 0 radical (unpaired) electrons. The molecule has 1 aromatic carbocycles. The zero-order valence-electron chi connectivity index (χ0n) is 14.4. The van der Waals surface area contributed by atoms with E-state index in [1.807, 2.05) is 7.05 Å². The second-order valence-electron chi connectivity index (χ2n) is 5.45. The Morgan fingerprint density at radius 1 is 1.08 bits per heavy atom. The first-order valence-corrected chi connectivity index (χ1v) is 9.03. The van der Waals surface area contributed by atoms with Crippen LogP contribution in [0, 0.1) is 0 Å². The Kier molecular flexibility index (Phi) is 7.63. The number of nitrogens with one attached hydrogen (secondary N) is 3. The van der Waals surface area contributed by atoms with Gasteiger partial charge in [-0.1, -0.05) is 34.8 Å². The first-order valence-electron chi connectivity index (χ1n) is 7.90. The van der Waals surface area contributed by atoms with E-state index in [9.17, 15) is 4.79 Å². The Labute approximate surface area is 167 Å². The summed E-state index contributed by atoms with van der Waals surface area (Å²) in [7, 11) is 3.51. The lowest BCUT2D eigenvalue weighted by Gasteiger charge is -2.13. The molecule has 0 saturated carbocycles. The smallest absolute Gasteiger partial charge is 0.251 e. The molecular formula is C17H20Cl3N5O. The summed E-state index contributed by atoms with van der Waals surface area (Å²) >= 11 is 17.9. The van der Waals surface area contributed by atoms with Crippen LogP contribution < -0.4 is 16.0 Å². The van der Waals surface area contributed by atoms with Gasteiger partial charge in [-0.3, -0.25) is 9.79 Å². The van der Waals surface area contributed by atoms with Gasteiger partial charge >= 0.3 is 0 Å². The van der Waals surface area contributed by atoms with Crippen molar-refractivity contribution in [2.75, 3.05) is 20.1 Å². The van der Waals surface area contributed by atoms with Crippen LogP contribution in [-0.4, -0.2) is 36.6 Å². The summed E-state index contributed by atoms with van der Waals surface area (Å²) in [5.41, 5.74) is 1.49. The number of guanidine groups is 1. The summed E-state index contributed by atoms with van der Waals surface area (Å²) < 4.78 is 1.80. The molecular weight excluding hydrogens is 397 g/mol. The van der Waals surface area contributed by atoms with Crippen molar-refractivity contribution in [3.63, 3.8) is 0 Å². The van der Waals surface area contributed by atoms with Crippen molar-refractivity contribution in [1.29, 1.82) is 0 Å². The molecule has 0 fully saturated rings. The SMILES string of the molecule is CN=C(NCCNC(=O)c1ccc(Cl)cc1)NCc1cc(Cl)c(Cl)n1C. The lowest BCUT2D eigenvalue weighted by atomic mass is 10.2. The molecule has 0 unspecified atom stereocenters. The van der Waals surface area contributed by atoms with Crippen molar-refractivity contribution >= 4 is 46.7 Å². The van der Waals surface area contributed by atoms with Crippen LogP contribution in [0.3, 0.4) is 0 Å². The highest BCUT2D eigenvalue weighted by Crippen LogP contribution is 2.24. The molecule has 9 heteroatoms. The van der Waals surface area contributed by atoms with Gasteiger partial charge in [0.2, 0.25) is 0 Å². The van der Waals surface area contributed by atoms with Gasteiger partial charge in [-0.05, 0) is 30.3 Å². The van der Waals surface area contributed by atoms with Crippen molar-refractivity contribution in [2.45, 2.75) is 6.54 Å². The second kappa shape index (κ2) is 9.71. The highest BCUT2D eigenvalue weighted by molar-refractivity contribution is 6.41. The van der Waals surface area contributed by atoms with E-state index in [-0.39, 0.29) is 5.91 Å². The van der Waals surface area contributed by atoms with E-state index >= 15 is 0 Å². The normalized spacial score (nSPS) is 11.3. The third kappa shape index (κ3) is 5.56. The predicted octanol–water partition coefficient (Wildman–Crippen LogP) is 3.08. The fraction of sp³-hybridized carbons (Fsp3) is 0.294. The van der Waals surface area contributed by atoms with Crippen molar-refractivity contribution in [3.8, 4) is 0 Å². The molecule has 1 heterocycles. The van der Waals surface area contributed by atoms with E-state index in [1.54, 1.807) is 41.9 Å². The van der Waals surface area contributed by atoms with Gasteiger partial charge in [-0.25, -0.2) is 0 Å². The Morgan fingerprint density at radius 2 is 1.73 bits per heavy atom. The minimum absolute atomic E-state index is 0.153. The average molecular weight is 417 g/mol. The van der Waals surface area contributed by atoms with E-state index in [2.05, 4.69) is 20.9 Å². The Hall–Kier alpha value is -1.89. The van der Waals surface area contributed by atoms with Crippen molar-refractivity contribution < 1.29 is 4.79 Å². The number of amides is 1. The van der Waals surface area contributed by atoms with E-state index < -0.39 is 0 Å². The maximum atomic E-state index is 12.0. The molecule has 140 valence electrons. The lowest BCUT2D eigenvalue weighted by Crippen LogP contribution is -2.41. The van der Waals surface area contributed by atoms with Gasteiger partial charge in [0.05, 0.1) is 11.6 Å². The Morgan fingerprint density at radius 3 is 2.31 bits per heavy atom. The number of aliphatic imine (C=N–C) groups is 1. The number of carbonyl (C=O) groups is 1. The van der Waals surface area contributed by atoms with Gasteiger partial charge in [0.1, 0.15) is 5.15 Å². The summed E-state index contributed by atoms with van der Waals surface area (Å²) in [5, 5.41) is 10.7. The minimum atomic E-state index is -0.153. The predicted molar refractivity (Wildman–Crippen MR) is 107 cm³/mol. The van der Waals surface area contributed by atoms with Crippen molar-refractivity contribution in [1.82, 2.24) is 20.5 Å². The van der Waals surface area contributed by atoms with E-state index in [1.165, 1.54) is 0 Å². The van der Waals surface area contributed by atoms with Crippen molar-refractivity contribution in [3.05, 3.63) is 56.8 Å². The highest BCUT2D eigenvalue weighted by Gasteiger charge is 2.09. The van der Waals surface area contributed by atoms with Crippen LogP contribution in [0.4, 0.5) is 0 Å². The van der Waals surface area contributed by atoms with Crippen LogP contribution in [0.25, 0.3) is 0 Å². The highest BCUT2D eigenvalue weighted by atomic mass is 35.5. The average Bonchev–Trinajstić information content (AvgIpc) is 2.88. The standard InChI is InChI=1S/C17H20Cl3N5O/c1-21-17(24-10-13-9-14(19)15(20)25(13)2)23-8-7-22-16(26)11-3-5-12(18)6-4-11/h3-6,9H,7-8,10H2,1-2H3,(H,22,26)(H2,21,23,24). The molecule has 0 bridgehead atoms. The summed E-state index contributed by atoms with van der Waals surface area (Å²) in [4.78, 5) is 16.1. The molecule has 26 heavy (non-hydrogen) atoms. The molecule has 0 aliphatic rings. The van der Waals surface area contributed by atoms with Crippen LogP contribution in [0.1, 0.15) is 16.1 Å². The number of aromatic nitrogens is 1. The number of hydrogen-bond acceptors (Lipinski definition) is 2. The van der Waals surface area contributed by atoms with E-state index in [0.29, 0.717) is 46.4 Å². The van der Waals surface area contributed by atoms with Gasteiger partial charge in [0, 0.05) is 43.5 Å². The van der Waals surface area contributed by atoms with Crippen LogP contribution in [-0.2, 0) is 13.6 Å². The molecule has 0 saturated heterocycles. The zero-order valence-corrected chi connectivity index (χ0v) is 16.7. The summed E-state index contributed by atoms with van der Waals surface area (Å²) in [6.45, 7) is 1.48. The molecule has 2 rings (SSSR count). The summed E-state index contributed by atoms with van der Waals surface area (Å²) in [6.07, 6.45) is 0. The van der Waals surface area contributed by atoms with Crippen LogP contribution in [0.15, 0.2) is 35.3 Å².